The van der Waals surface area contributed by atoms with Crippen molar-refractivity contribution < 1.29 is 0 Å². The number of halogens is 1. The number of aryl methyl sites for hydroxylation is 1. The van der Waals surface area contributed by atoms with Gasteiger partial charge in [0.2, 0.25) is 0 Å². The van der Waals surface area contributed by atoms with Crippen LogP contribution >= 0.6 is 15.9 Å². The third-order valence-electron chi connectivity index (χ3n) is 2.51. The molecule has 0 radical (unpaired) electrons. The minimum absolute atomic E-state index is 0.0939. The second-order valence-electron chi connectivity index (χ2n) is 3.57. The molecule has 0 fully saturated rings. The van der Waals surface area contributed by atoms with Crippen LogP contribution in [0.2, 0.25) is 0 Å². The number of hydrogen-bond acceptors (Lipinski definition) is 2. The summed E-state index contributed by atoms with van der Waals surface area (Å²) < 4.78 is 2.42. The minimum atomic E-state index is -0.107. The predicted molar refractivity (Wildman–Crippen MR) is 66.3 cm³/mol. The number of hydrogen-bond donors (Lipinski definition) is 0. The van der Waals surface area contributed by atoms with E-state index in [1.54, 1.807) is 6.07 Å². The normalized spacial score (nSPS) is 10.3. The molecule has 0 aliphatic rings. The highest BCUT2D eigenvalue weighted by Gasteiger charge is 2.06. The molecule has 0 N–H and O–H groups in total. The molecule has 0 saturated heterocycles. The average molecular weight is 277 g/mol. The number of nitrogens with zero attached hydrogens (tertiary/aromatic N) is 2. The zero-order valence-electron chi connectivity index (χ0n) is 8.70. The summed E-state index contributed by atoms with van der Waals surface area (Å²) in [5.74, 6) is 0. The first-order valence-electron chi connectivity index (χ1n) is 4.80. The molecule has 2 rings (SSSR count). The summed E-state index contributed by atoms with van der Waals surface area (Å²) in [4.78, 5) is 12.0. The van der Waals surface area contributed by atoms with Crippen LogP contribution in [0.3, 0.4) is 0 Å². The number of pyridine rings is 1. The minimum Gasteiger partial charge on any atom is -0.299 e. The van der Waals surface area contributed by atoms with Gasteiger partial charge in [0.05, 0.1) is 6.07 Å². The molecule has 4 heteroatoms. The summed E-state index contributed by atoms with van der Waals surface area (Å²) in [6, 6.07) is 9.42. The number of nitriles is 1. The Morgan fingerprint density at radius 3 is 2.88 bits per heavy atom. The molecule has 3 nitrogen and oxygen atoms in total. The van der Waals surface area contributed by atoms with Crippen molar-refractivity contribution in [3.8, 4) is 6.07 Å². The molecule has 1 aromatic carbocycles. The van der Waals surface area contributed by atoms with E-state index in [1.807, 2.05) is 31.2 Å². The molecule has 0 amide bonds. The van der Waals surface area contributed by atoms with Gasteiger partial charge in [-0.2, -0.15) is 5.26 Å². The van der Waals surface area contributed by atoms with Gasteiger partial charge in [-0.3, -0.25) is 9.36 Å². The third kappa shape index (κ3) is 1.74. The molecular formula is C12H9BrN2O. The van der Waals surface area contributed by atoms with Crippen molar-refractivity contribution in [2.45, 2.75) is 13.5 Å². The van der Waals surface area contributed by atoms with Crippen molar-refractivity contribution in [1.29, 1.82) is 5.26 Å². The SMILES string of the molecule is Cc1cc2cc(Br)ccc2c(=O)n1CC#N. The summed E-state index contributed by atoms with van der Waals surface area (Å²) in [7, 11) is 0. The first-order valence-corrected chi connectivity index (χ1v) is 5.59. The van der Waals surface area contributed by atoms with Gasteiger partial charge in [0.15, 0.2) is 0 Å². The lowest BCUT2D eigenvalue weighted by atomic mass is 10.1. The highest BCUT2D eigenvalue weighted by molar-refractivity contribution is 9.10. The maximum atomic E-state index is 12.0. The van der Waals surface area contributed by atoms with E-state index in [4.69, 9.17) is 5.26 Å². The van der Waals surface area contributed by atoms with Crippen LogP contribution in [0, 0.1) is 18.3 Å². The number of fused-ring (bicyclic) bond motifs is 1. The fourth-order valence-electron chi connectivity index (χ4n) is 1.72. The Balaban J connectivity index is 2.85. The summed E-state index contributed by atoms with van der Waals surface area (Å²) in [6.07, 6.45) is 0. The highest BCUT2D eigenvalue weighted by Crippen LogP contribution is 2.18. The van der Waals surface area contributed by atoms with Gasteiger partial charge in [0, 0.05) is 15.6 Å². The van der Waals surface area contributed by atoms with Crippen molar-refractivity contribution >= 4 is 26.7 Å². The molecule has 0 aliphatic carbocycles. The Kier molecular flexibility index (Phi) is 2.80. The fourth-order valence-corrected chi connectivity index (χ4v) is 2.10. The topological polar surface area (TPSA) is 45.8 Å². The third-order valence-corrected chi connectivity index (χ3v) is 3.00. The van der Waals surface area contributed by atoms with E-state index in [2.05, 4.69) is 15.9 Å². The van der Waals surface area contributed by atoms with Gasteiger partial charge in [-0.25, -0.2) is 0 Å². The van der Waals surface area contributed by atoms with E-state index in [0.29, 0.717) is 5.39 Å². The second kappa shape index (κ2) is 4.11. The van der Waals surface area contributed by atoms with Crippen molar-refractivity contribution in [1.82, 2.24) is 4.57 Å². The lowest BCUT2D eigenvalue weighted by Gasteiger charge is -2.07. The largest absolute Gasteiger partial charge is 0.299 e. The van der Waals surface area contributed by atoms with Crippen LogP contribution in [0.1, 0.15) is 5.69 Å². The molecule has 80 valence electrons. The quantitative estimate of drug-likeness (QED) is 0.804. The lowest BCUT2D eigenvalue weighted by Crippen LogP contribution is -2.21. The van der Waals surface area contributed by atoms with E-state index < -0.39 is 0 Å². The molecule has 0 saturated carbocycles. The van der Waals surface area contributed by atoms with Crippen molar-refractivity contribution in [3.05, 3.63) is 44.8 Å². The van der Waals surface area contributed by atoms with Crippen LogP contribution < -0.4 is 5.56 Å². The van der Waals surface area contributed by atoms with Gasteiger partial charge in [0.1, 0.15) is 6.54 Å². The van der Waals surface area contributed by atoms with Crippen molar-refractivity contribution in [2.75, 3.05) is 0 Å². The Labute approximate surface area is 101 Å². The maximum Gasteiger partial charge on any atom is 0.259 e. The van der Waals surface area contributed by atoms with Gasteiger partial charge >= 0.3 is 0 Å². The van der Waals surface area contributed by atoms with E-state index in [0.717, 1.165) is 15.6 Å². The highest BCUT2D eigenvalue weighted by atomic mass is 79.9. The van der Waals surface area contributed by atoms with Crippen LogP contribution in [0.4, 0.5) is 0 Å². The molecule has 0 aliphatic heterocycles. The van der Waals surface area contributed by atoms with Gasteiger partial charge in [0.25, 0.3) is 5.56 Å². The van der Waals surface area contributed by atoms with Crippen LogP contribution in [0.15, 0.2) is 33.5 Å². The molecule has 16 heavy (non-hydrogen) atoms. The average Bonchev–Trinajstić information content (AvgIpc) is 2.23. The molecule has 0 spiro atoms. The zero-order chi connectivity index (χ0) is 11.7. The Hall–Kier alpha value is -1.60. The van der Waals surface area contributed by atoms with Gasteiger partial charge < -0.3 is 0 Å². The Bertz CT molecular complexity index is 652. The molecule has 0 unspecified atom stereocenters. The Morgan fingerprint density at radius 2 is 2.19 bits per heavy atom. The van der Waals surface area contributed by atoms with Crippen LogP contribution in [0.5, 0.6) is 0 Å². The number of rotatable bonds is 1. The van der Waals surface area contributed by atoms with E-state index >= 15 is 0 Å². The second-order valence-corrected chi connectivity index (χ2v) is 4.48. The van der Waals surface area contributed by atoms with E-state index in [1.165, 1.54) is 4.57 Å². The first-order chi connectivity index (χ1) is 7.63. The van der Waals surface area contributed by atoms with Crippen molar-refractivity contribution in [2.24, 2.45) is 0 Å². The zero-order valence-corrected chi connectivity index (χ0v) is 10.3. The summed E-state index contributed by atoms with van der Waals surface area (Å²) in [6.45, 7) is 1.93. The lowest BCUT2D eigenvalue weighted by molar-refractivity contribution is 0.765. The summed E-state index contributed by atoms with van der Waals surface area (Å²) in [5.41, 5.74) is 0.696. The van der Waals surface area contributed by atoms with Crippen LogP contribution in [-0.2, 0) is 6.54 Å². The number of aromatic nitrogens is 1. The van der Waals surface area contributed by atoms with Crippen LogP contribution in [0.25, 0.3) is 10.8 Å². The van der Waals surface area contributed by atoms with E-state index in [9.17, 15) is 4.79 Å². The molecular weight excluding hydrogens is 268 g/mol. The first kappa shape index (κ1) is 10.9. The predicted octanol–water partition coefficient (Wildman–Crippen LogP) is 2.60. The molecule has 0 bridgehead atoms. The summed E-state index contributed by atoms with van der Waals surface area (Å²) in [5, 5.41) is 10.2. The van der Waals surface area contributed by atoms with Gasteiger partial charge in [-0.15, -0.1) is 0 Å². The summed E-state index contributed by atoms with van der Waals surface area (Å²) >= 11 is 3.37. The molecule has 1 aromatic heterocycles. The standard InChI is InChI=1S/C12H9BrN2O/c1-8-6-9-7-10(13)2-3-11(9)12(16)15(8)5-4-14/h2-3,6-7H,5H2,1H3. The Morgan fingerprint density at radius 1 is 1.44 bits per heavy atom. The monoisotopic (exact) mass is 276 g/mol. The molecule has 2 aromatic rings. The smallest absolute Gasteiger partial charge is 0.259 e. The van der Waals surface area contributed by atoms with Crippen LogP contribution in [-0.4, -0.2) is 4.57 Å². The maximum absolute atomic E-state index is 12.0. The van der Waals surface area contributed by atoms with E-state index in [-0.39, 0.29) is 12.1 Å². The molecule has 0 atom stereocenters. The van der Waals surface area contributed by atoms with Crippen molar-refractivity contribution in [3.63, 3.8) is 0 Å². The fraction of sp³-hybridized carbons (Fsp3) is 0.167. The van der Waals surface area contributed by atoms with Gasteiger partial charge in [-0.1, -0.05) is 15.9 Å². The number of benzene rings is 1. The van der Waals surface area contributed by atoms with Gasteiger partial charge in [-0.05, 0) is 36.6 Å². The molecule has 1 heterocycles.